The molecule has 0 aliphatic rings. The van der Waals surface area contributed by atoms with E-state index in [4.69, 9.17) is 4.74 Å². The van der Waals surface area contributed by atoms with Crippen molar-refractivity contribution in [2.45, 2.75) is 45.8 Å². The Hall–Kier alpha value is -2.04. The minimum atomic E-state index is -0.952. The summed E-state index contributed by atoms with van der Waals surface area (Å²) in [5, 5.41) is 11.8. The maximum atomic E-state index is 11.9. The Morgan fingerprint density at radius 2 is 1.81 bits per heavy atom. The van der Waals surface area contributed by atoms with Crippen molar-refractivity contribution in [2.75, 3.05) is 0 Å². The number of carboxylic acids is 1. The van der Waals surface area contributed by atoms with Gasteiger partial charge in [-0.15, -0.1) is 0 Å². The lowest BCUT2D eigenvalue weighted by Crippen LogP contribution is -2.45. The highest BCUT2D eigenvalue weighted by Gasteiger charge is 2.27. The van der Waals surface area contributed by atoms with E-state index in [0.29, 0.717) is 6.42 Å². The van der Waals surface area contributed by atoms with Crippen LogP contribution in [0.4, 0.5) is 4.79 Å². The number of hydrogen-bond acceptors (Lipinski definition) is 3. The topological polar surface area (TPSA) is 75.6 Å². The van der Waals surface area contributed by atoms with Gasteiger partial charge in [0.25, 0.3) is 0 Å². The molecule has 5 nitrogen and oxygen atoms in total. The van der Waals surface area contributed by atoms with E-state index >= 15 is 0 Å². The van der Waals surface area contributed by atoms with E-state index in [1.165, 1.54) is 0 Å². The highest BCUT2D eigenvalue weighted by Crippen LogP contribution is 2.13. The molecule has 1 aromatic rings. The maximum absolute atomic E-state index is 11.9. The summed E-state index contributed by atoms with van der Waals surface area (Å²) < 4.78 is 5.19. The molecular formula is C16H23NO4. The van der Waals surface area contributed by atoms with Crippen LogP contribution in [0, 0.1) is 5.92 Å². The van der Waals surface area contributed by atoms with Gasteiger partial charge in [-0.2, -0.15) is 0 Å². The predicted molar refractivity (Wildman–Crippen MR) is 80.1 cm³/mol. The van der Waals surface area contributed by atoms with Crippen LogP contribution in [0.5, 0.6) is 0 Å². The number of carbonyl (C=O) groups excluding carboxylic acids is 1. The number of nitrogens with one attached hydrogen (secondary N) is 1. The Labute approximate surface area is 125 Å². The van der Waals surface area contributed by atoms with Gasteiger partial charge in [-0.3, -0.25) is 4.79 Å². The van der Waals surface area contributed by atoms with Crippen LogP contribution in [0.2, 0.25) is 0 Å². The lowest BCUT2D eigenvalue weighted by atomic mass is 9.95. The number of carboxylic acid groups (broad SMARTS) is 1. The summed E-state index contributed by atoms with van der Waals surface area (Å²) in [7, 11) is 0. The van der Waals surface area contributed by atoms with Crippen LogP contribution in [0.15, 0.2) is 30.3 Å². The van der Waals surface area contributed by atoms with Crippen LogP contribution in [-0.4, -0.2) is 28.8 Å². The SMILES string of the molecule is C[C@H](C(=O)O)[C@@H](Cc1ccccc1)NC(=O)OC(C)(C)C. The van der Waals surface area contributed by atoms with Crippen LogP contribution < -0.4 is 5.32 Å². The Morgan fingerprint density at radius 3 is 2.29 bits per heavy atom. The van der Waals surface area contributed by atoms with Gasteiger partial charge in [0.05, 0.1) is 5.92 Å². The molecule has 0 aliphatic carbocycles. The summed E-state index contributed by atoms with van der Waals surface area (Å²) >= 11 is 0. The zero-order valence-electron chi connectivity index (χ0n) is 12.9. The Balaban J connectivity index is 2.78. The van der Waals surface area contributed by atoms with Gasteiger partial charge >= 0.3 is 12.1 Å². The van der Waals surface area contributed by atoms with E-state index < -0.39 is 29.6 Å². The van der Waals surface area contributed by atoms with Crippen LogP contribution in [0.1, 0.15) is 33.3 Å². The van der Waals surface area contributed by atoms with Crippen molar-refractivity contribution in [3.63, 3.8) is 0 Å². The average molecular weight is 293 g/mol. The molecule has 2 atom stereocenters. The standard InChI is InChI=1S/C16H23NO4/c1-11(14(18)19)13(10-12-8-6-5-7-9-12)17-15(20)21-16(2,3)4/h5-9,11,13H,10H2,1-4H3,(H,17,20)(H,18,19)/t11-,13+/m0/s1. The van der Waals surface area contributed by atoms with Crippen molar-refractivity contribution in [3.05, 3.63) is 35.9 Å². The number of hydrogen-bond donors (Lipinski definition) is 2. The van der Waals surface area contributed by atoms with Crippen LogP contribution in [-0.2, 0) is 16.0 Å². The Kier molecular flexibility index (Phi) is 5.76. The molecule has 0 aliphatic heterocycles. The van der Waals surface area contributed by atoms with E-state index in [1.54, 1.807) is 27.7 Å². The van der Waals surface area contributed by atoms with Gasteiger partial charge in [-0.05, 0) is 39.7 Å². The predicted octanol–water partition coefficient (Wildman–Crippen LogP) is 2.84. The molecule has 21 heavy (non-hydrogen) atoms. The highest BCUT2D eigenvalue weighted by molar-refractivity contribution is 5.73. The lowest BCUT2D eigenvalue weighted by molar-refractivity contribution is -0.142. The molecule has 0 aromatic heterocycles. The second-order valence-corrected chi connectivity index (χ2v) is 6.07. The van der Waals surface area contributed by atoms with Crippen molar-refractivity contribution in [2.24, 2.45) is 5.92 Å². The van der Waals surface area contributed by atoms with Crippen molar-refractivity contribution in [1.82, 2.24) is 5.32 Å². The Bertz CT molecular complexity index is 479. The lowest BCUT2D eigenvalue weighted by Gasteiger charge is -2.25. The summed E-state index contributed by atoms with van der Waals surface area (Å²) in [6.45, 7) is 6.87. The molecule has 0 saturated carbocycles. The van der Waals surface area contributed by atoms with E-state index in [-0.39, 0.29) is 0 Å². The number of benzene rings is 1. The van der Waals surface area contributed by atoms with E-state index in [9.17, 15) is 14.7 Å². The van der Waals surface area contributed by atoms with Gasteiger partial charge < -0.3 is 15.2 Å². The molecule has 1 amide bonds. The minimum Gasteiger partial charge on any atom is -0.481 e. The molecule has 0 saturated heterocycles. The van der Waals surface area contributed by atoms with E-state index in [0.717, 1.165) is 5.56 Å². The van der Waals surface area contributed by atoms with E-state index in [1.807, 2.05) is 30.3 Å². The molecule has 1 rings (SSSR count). The van der Waals surface area contributed by atoms with E-state index in [2.05, 4.69) is 5.32 Å². The molecule has 0 heterocycles. The molecule has 0 bridgehead atoms. The molecule has 0 radical (unpaired) electrons. The molecule has 0 spiro atoms. The second-order valence-electron chi connectivity index (χ2n) is 6.07. The van der Waals surface area contributed by atoms with Crippen molar-refractivity contribution >= 4 is 12.1 Å². The number of rotatable bonds is 5. The number of amides is 1. The summed E-state index contributed by atoms with van der Waals surface area (Å²) in [6.07, 6.45) is -0.162. The minimum absolute atomic E-state index is 0.438. The van der Waals surface area contributed by atoms with Crippen LogP contribution in [0.3, 0.4) is 0 Å². The second kappa shape index (κ2) is 7.11. The first-order valence-electron chi connectivity index (χ1n) is 6.95. The van der Waals surface area contributed by atoms with Crippen molar-refractivity contribution in [1.29, 1.82) is 0 Å². The van der Waals surface area contributed by atoms with Gasteiger partial charge in [0, 0.05) is 6.04 Å². The molecule has 0 unspecified atom stereocenters. The fraction of sp³-hybridized carbons (Fsp3) is 0.500. The molecule has 5 heteroatoms. The number of aliphatic carboxylic acids is 1. The van der Waals surface area contributed by atoms with Gasteiger partial charge in [0.1, 0.15) is 5.60 Å². The zero-order valence-corrected chi connectivity index (χ0v) is 12.9. The smallest absolute Gasteiger partial charge is 0.407 e. The van der Waals surface area contributed by atoms with Gasteiger partial charge in [0.2, 0.25) is 0 Å². The first kappa shape index (κ1) is 17.0. The molecular weight excluding hydrogens is 270 g/mol. The summed E-state index contributed by atoms with van der Waals surface area (Å²) in [5.74, 6) is -1.66. The third-order valence-corrected chi connectivity index (χ3v) is 2.99. The quantitative estimate of drug-likeness (QED) is 0.875. The monoisotopic (exact) mass is 293 g/mol. The summed E-state index contributed by atoms with van der Waals surface area (Å²) in [4.78, 5) is 23.1. The number of ether oxygens (including phenoxy) is 1. The average Bonchev–Trinajstić information content (AvgIpc) is 2.36. The summed E-state index contributed by atoms with van der Waals surface area (Å²) in [5.41, 5.74) is 0.347. The van der Waals surface area contributed by atoms with Gasteiger partial charge in [0.15, 0.2) is 0 Å². The third-order valence-electron chi connectivity index (χ3n) is 2.99. The summed E-state index contributed by atoms with van der Waals surface area (Å²) in [6, 6.07) is 8.92. The molecule has 1 aromatic carbocycles. The largest absolute Gasteiger partial charge is 0.481 e. The van der Waals surface area contributed by atoms with Crippen molar-refractivity contribution < 1.29 is 19.4 Å². The fourth-order valence-electron chi connectivity index (χ4n) is 1.85. The first-order chi connectivity index (χ1) is 9.69. The van der Waals surface area contributed by atoms with Crippen LogP contribution in [0.25, 0.3) is 0 Å². The first-order valence-corrected chi connectivity index (χ1v) is 6.95. The van der Waals surface area contributed by atoms with Crippen LogP contribution >= 0.6 is 0 Å². The Morgan fingerprint density at radius 1 is 1.24 bits per heavy atom. The zero-order chi connectivity index (χ0) is 16.0. The van der Waals surface area contributed by atoms with Gasteiger partial charge in [-0.25, -0.2) is 4.79 Å². The normalized spacial score (nSPS) is 14.1. The van der Waals surface area contributed by atoms with Crippen molar-refractivity contribution in [3.8, 4) is 0 Å². The fourth-order valence-corrected chi connectivity index (χ4v) is 1.85. The third kappa shape index (κ3) is 6.29. The number of carbonyl (C=O) groups is 2. The molecule has 116 valence electrons. The maximum Gasteiger partial charge on any atom is 0.407 e. The molecule has 2 N–H and O–H groups in total. The van der Waals surface area contributed by atoms with Gasteiger partial charge in [-0.1, -0.05) is 30.3 Å². The highest BCUT2D eigenvalue weighted by atomic mass is 16.6. The number of alkyl carbamates (subject to hydrolysis) is 1. The molecule has 0 fully saturated rings.